The van der Waals surface area contributed by atoms with Gasteiger partial charge in [-0.1, -0.05) is 18.2 Å². The van der Waals surface area contributed by atoms with Crippen molar-refractivity contribution in [3.63, 3.8) is 0 Å². The molecule has 0 aliphatic carbocycles. The highest BCUT2D eigenvalue weighted by Gasteiger charge is 2.22. The quantitative estimate of drug-likeness (QED) is 0.504. The third-order valence-electron chi connectivity index (χ3n) is 4.61. The van der Waals surface area contributed by atoms with Crippen LogP contribution in [-0.2, 0) is 0 Å². The van der Waals surface area contributed by atoms with Crippen molar-refractivity contribution in [2.45, 2.75) is 6.92 Å². The van der Waals surface area contributed by atoms with Crippen molar-refractivity contribution in [2.75, 3.05) is 19.5 Å². The Hall–Kier alpha value is -4.00. The van der Waals surface area contributed by atoms with Gasteiger partial charge < -0.3 is 19.2 Å². The highest BCUT2D eigenvalue weighted by molar-refractivity contribution is 6.08. The summed E-state index contributed by atoms with van der Waals surface area (Å²) >= 11 is 0. The van der Waals surface area contributed by atoms with Crippen LogP contribution in [-0.4, -0.2) is 29.9 Å². The van der Waals surface area contributed by atoms with E-state index < -0.39 is 0 Å². The number of furan rings is 1. The second-order valence-electron chi connectivity index (χ2n) is 6.60. The lowest BCUT2D eigenvalue weighted by atomic mass is 10.2. The molecule has 0 atom stereocenters. The molecule has 0 unspecified atom stereocenters. The molecule has 152 valence electrons. The molecule has 2 aromatic carbocycles. The average Bonchev–Trinajstić information content (AvgIpc) is 3.41. The summed E-state index contributed by atoms with van der Waals surface area (Å²) in [5.41, 5.74) is 2.20. The number of ether oxygens (including phenoxy) is 2. The normalized spacial score (nSPS) is 10.6. The number of para-hydroxylation sites is 1. The number of carbonyl (C=O) groups is 1. The minimum absolute atomic E-state index is 0.329. The lowest BCUT2D eigenvalue weighted by Crippen LogP contribution is -2.13. The van der Waals surface area contributed by atoms with Crippen molar-refractivity contribution < 1.29 is 18.7 Å². The molecule has 0 radical (unpaired) electrons. The Morgan fingerprint density at radius 1 is 1.03 bits per heavy atom. The fraction of sp³-hybridized carbons (Fsp3) is 0.130. The lowest BCUT2D eigenvalue weighted by Gasteiger charge is -2.11. The van der Waals surface area contributed by atoms with Crippen molar-refractivity contribution >= 4 is 11.6 Å². The van der Waals surface area contributed by atoms with E-state index in [1.54, 1.807) is 42.3 Å². The van der Waals surface area contributed by atoms with Crippen LogP contribution >= 0.6 is 0 Å². The van der Waals surface area contributed by atoms with E-state index in [0.29, 0.717) is 34.2 Å². The van der Waals surface area contributed by atoms with Crippen LogP contribution in [0.25, 0.3) is 17.1 Å². The number of nitrogens with one attached hydrogen (secondary N) is 1. The van der Waals surface area contributed by atoms with Gasteiger partial charge >= 0.3 is 0 Å². The monoisotopic (exact) mass is 403 g/mol. The molecule has 4 aromatic rings. The molecule has 0 aliphatic rings. The van der Waals surface area contributed by atoms with Crippen molar-refractivity contribution in [3.05, 3.63) is 78.2 Å². The highest BCUT2D eigenvalue weighted by atomic mass is 16.5. The Balaban J connectivity index is 1.74. The molecule has 1 N–H and O–H groups in total. The standard InChI is InChI=1S/C23H21N3O4/c1-15-9-12-20(30-15)22-18(14-26(25-22)16-7-5-4-6-8-16)23(27)24-19-11-10-17(28-2)13-21(19)29-3/h4-14H,1-3H3,(H,24,27). The van der Waals surface area contributed by atoms with Crippen LogP contribution in [0.5, 0.6) is 11.5 Å². The second-order valence-corrected chi connectivity index (χ2v) is 6.60. The predicted molar refractivity (Wildman–Crippen MR) is 114 cm³/mol. The molecule has 0 fully saturated rings. The minimum atomic E-state index is -0.329. The largest absolute Gasteiger partial charge is 0.497 e. The van der Waals surface area contributed by atoms with Crippen LogP contribution in [0, 0.1) is 6.92 Å². The van der Waals surface area contributed by atoms with Crippen LogP contribution in [0.1, 0.15) is 16.1 Å². The third kappa shape index (κ3) is 3.77. The van der Waals surface area contributed by atoms with Gasteiger partial charge in [0.05, 0.1) is 31.2 Å². The summed E-state index contributed by atoms with van der Waals surface area (Å²) < 4.78 is 18.0. The number of carbonyl (C=O) groups excluding carboxylic acids is 1. The molecule has 0 aliphatic heterocycles. The van der Waals surface area contributed by atoms with E-state index in [0.717, 1.165) is 11.4 Å². The Kier molecular flexibility index (Phi) is 5.26. The first-order valence-electron chi connectivity index (χ1n) is 9.34. The van der Waals surface area contributed by atoms with Gasteiger partial charge in [0.2, 0.25) is 0 Å². The van der Waals surface area contributed by atoms with Crippen LogP contribution in [0.2, 0.25) is 0 Å². The number of nitrogens with zero attached hydrogens (tertiary/aromatic N) is 2. The van der Waals surface area contributed by atoms with E-state index in [1.807, 2.05) is 43.3 Å². The second kappa shape index (κ2) is 8.16. The number of rotatable bonds is 6. The summed E-state index contributed by atoms with van der Waals surface area (Å²) in [6.45, 7) is 1.85. The van der Waals surface area contributed by atoms with E-state index in [4.69, 9.17) is 13.9 Å². The fourth-order valence-electron chi connectivity index (χ4n) is 3.09. The van der Waals surface area contributed by atoms with Crippen molar-refractivity contribution in [1.29, 1.82) is 0 Å². The van der Waals surface area contributed by atoms with E-state index in [2.05, 4.69) is 10.4 Å². The van der Waals surface area contributed by atoms with Gasteiger partial charge in [-0.3, -0.25) is 4.79 Å². The Morgan fingerprint density at radius 3 is 2.50 bits per heavy atom. The number of aromatic nitrogens is 2. The molecule has 7 heteroatoms. The zero-order valence-corrected chi connectivity index (χ0v) is 16.9. The SMILES string of the molecule is COc1ccc(NC(=O)c2cn(-c3ccccc3)nc2-c2ccc(C)o2)c(OC)c1. The van der Waals surface area contributed by atoms with Gasteiger partial charge in [0, 0.05) is 12.3 Å². The third-order valence-corrected chi connectivity index (χ3v) is 4.61. The van der Waals surface area contributed by atoms with Crippen molar-refractivity contribution in [1.82, 2.24) is 9.78 Å². The molecule has 1 amide bonds. The predicted octanol–water partition coefficient (Wildman–Crippen LogP) is 4.71. The smallest absolute Gasteiger partial charge is 0.259 e. The maximum Gasteiger partial charge on any atom is 0.259 e. The Labute approximate surface area is 173 Å². The molecular formula is C23H21N3O4. The zero-order valence-electron chi connectivity index (χ0n) is 16.9. The molecule has 0 bridgehead atoms. The number of benzene rings is 2. The summed E-state index contributed by atoms with van der Waals surface area (Å²) in [5.74, 6) is 2.06. The molecule has 4 rings (SSSR count). The first-order chi connectivity index (χ1) is 14.6. The lowest BCUT2D eigenvalue weighted by molar-refractivity contribution is 0.102. The fourth-order valence-corrected chi connectivity index (χ4v) is 3.09. The van der Waals surface area contributed by atoms with Crippen molar-refractivity contribution in [2.24, 2.45) is 0 Å². The van der Waals surface area contributed by atoms with E-state index in [-0.39, 0.29) is 5.91 Å². The van der Waals surface area contributed by atoms with Crippen LogP contribution < -0.4 is 14.8 Å². The summed E-state index contributed by atoms with van der Waals surface area (Å²) in [4.78, 5) is 13.2. The topological polar surface area (TPSA) is 78.5 Å². The molecule has 2 aromatic heterocycles. The van der Waals surface area contributed by atoms with Gasteiger partial charge in [-0.15, -0.1) is 0 Å². The zero-order chi connectivity index (χ0) is 21.1. The molecule has 0 spiro atoms. The van der Waals surface area contributed by atoms with E-state index >= 15 is 0 Å². The first-order valence-corrected chi connectivity index (χ1v) is 9.34. The summed E-state index contributed by atoms with van der Waals surface area (Å²) in [5, 5.41) is 7.50. The molecule has 2 heterocycles. The summed E-state index contributed by atoms with van der Waals surface area (Å²) in [7, 11) is 3.11. The Morgan fingerprint density at radius 2 is 1.83 bits per heavy atom. The molecule has 0 saturated carbocycles. The van der Waals surface area contributed by atoms with Crippen LogP contribution in [0.3, 0.4) is 0 Å². The first kappa shape index (κ1) is 19.3. The summed E-state index contributed by atoms with van der Waals surface area (Å²) in [6, 6.07) is 18.4. The molecule has 0 saturated heterocycles. The number of methoxy groups -OCH3 is 2. The van der Waals surface area contributed by atoms with Crippen LogP contribution in [0.15, 0.2) is 71.3 Å². The van der Waals surface area contributed by atoms with E-state index in [9.17, 15) is 4.79 Å². The molecule has 30 heavy (non-hydrogen) atoms. The maximum absolute atomic E-state index is 13.2. The van der Waals surface area contributed by atoms with Crippen molar-refractivity contribution in [3.8, 4) is 28.6 Å². The maximum atomic E-state index is 13.2. The highest BCUT2D eigenvalue weighted by Crippen LogP contribution is 2.31. The number of hydrogen-bond donors (Lipinski definition) is 1. The van der Waals surface area contributed by atoms with Gasteiger partial charge in [0.1, 0.15) is 23.0 Å². The molecular weight excluding hydrogens is 382 g/mol. The van der Waals surface area contributed by atoms with Crippen LogP contribution in [0.4, 0.5) is 5.69 Å². The van der Waals surface area contributed by atoms with Gasteiger partial charge in [-0.05, 0) is 43.3 Å². The average molecular weight is 403 g/mol. The number of amides is 1. The van der Waals surface area contributed by atoms with Gasteiger partial charge in [0.25, 0.3) is 5.91 Å². The minimum Gasteiger partial charge on any atom is -0.497 e. The van der Waals surface area contributed by atoms with Gasteiger partial charge in [0.15, 0.2) is 5.76 Å². The molecule has 7 nitrogen and oxygen atoms in total. The number of aryl methyl sites for hydroxylation is 1. The van der Waals surface area contributed by atoms with E-state index in [1.165, 1.54) is 7.11 Å². The number of anilines is 1. The van der Waals surface area contributed by atoms with Gasteiger partial charge in [-0.2, -0.15) is 5.10 Å². The van der Waals surface area contributed by atoms with Gasteiger partial charge in [-0.25, -0.2) is 4.68 Å². The number of hydrogen-bond acceptors (Lipinski definition) is 5. The Bertz CT molecular complexity index is 1180. The summed E-state index contributed by atoms with van der Waals surface area (Å²) in [6.07, 6.45) is 1.69.